The Bertz CT molecular complexity index is 1210. The molecule has 0 aliphatic heterocycles. The largest absolute Gasteiger partial charge is 0.298 e. The molecule has 4 aromatic rings. The molecule has 30 heavy (non-hydrogen) atoms. The number of non-ortho nitro benzene ring substituents is 1. The van der Waals surface area contributed by atoms with Crippen molar-refractivity contribution in [3.63, 3.8) is 0 Å². The monoisotopic (exact) mass is 479 g/mol. The van der Waals surface area contributed by atoms with Gasteiger partial charge in [0.1, 0.15) is 0 Å². The molecule has 0 spiro atoms. The number of hydrogen-bond acceptors (Lipinski definition) is 5. The van der Waals surface area contributed by atoms with Crippen molar-refractivity contribution in [2.24, 2.45) is 0 Å². The molecule has 0 unspecified atom stereocenters. The molecule has 0 atom stereocenters. The summed E-state index contributed by atoms with van der Waals surface area (Å²) in [6, 6.07) is 23.0. The molecule has 1 aromatic heterocycles. The van der Waals surface area contributed by atoms with E-state index in [0.717, 1.165) is 20.5 Å². The summed E-state index contributed by atoms with van der Waals surface area (Å²) in [5.41, 5.74) is 2.88. The maximum Gasteiger partial charge on any atom is 0.269 e. The quantitative estimate of drug-likeness (QED) is 0.265. The van der Waals surface area contributed by atoms with E-state index in [2.05, 4.69) is 26.2 Å². The lowest BCUT2D eigenvalue weighted by atomic mass is 10.1. The van der Waals surface area contributed by atoms with Gasteiger partial charge in [0.2, 0.25) is 0 Å². The van der Waals surface area contributed by atoms with Crippen molar-refractivity contribution < 1.29 is 9.72 Å². The van der Waals surface area contributed by atoms with Gasteiger partial charge in [0.15, 0.2) is 5.13 Å². The standard InChI is InChI=1S/C22H14BrN3O3S/c23-17-10-6-16(7-11-17)21(27)25-22-24-19(14-8-12-18(13-9-14)26(28)29)20(30-22)15-4-2-1-3-5-15/h1-13H,(H,24,25,27). The fourth-order valence-electron chi connectivity index (χ4n) is 2.87. The number of nitrogens with one attached hydrogen (secondary N) is 1. The molecule has 6 nitrogen and oxygen atoms in total. The summed E-state index contributed by atoms with van der Waals surface area (Å²) in [7, 11) is 0. The highest BCUT2D eigenvalue weighted by atomic mass is 79.9. The Labute approximate surface area is 184 Å². The number of carbonyl (C=O) groups is 1. The smallest absolute Gasteiger partial charge is 0.269 e. The number of carbonyl (C=O) groups excluding carboxylic acids is 1. The van der Waals surface area contributed by atoms with Crippen LogP contribution in [0.25, 0.3) is 21.7 Å². The molecule has 0 aliphatic rings. The van der Waals surface area contributed by atoms with Crippen LogP contribution in [0.5, 0.6) is 0 Å². The number of anilines is 1. The van der Waals surface area contributed by atoms with Crippen molar-refractivity contribution in [2.45, 2.75) is 0 Å². The van der Waals surface area contributed by atoms with E-state index in [4.69, 9.17) is 0 Å². The lowest BCUT2D eigenvalue weighted by molar-refractivity contribution is -0.384. The van der Waals surface area contributed by atoms with Crippen LogP contribution in [-0.4, -0.2) is 15.8 Å². The number of amides is 1. The Hall–Kier alpha value is -3.36. The van der Waals surface area contributed by atoms with Gasteiger partial charge in [0.25, 0.3) is 11.6 Å². The van der Waals surface area contributed by atoms with Gasteiger partial charge in [0, 0.05) is 27.7 Å². The first-order valence-corrected chi connectivity index (χ1v) is 10.5. The third-order valence-electron chi connectivity index (χ3n) is 4.34. The molecule has 4 rings (SSSR count). The Morgan fingerprint density at radius 2 is 1.60 bits per heavy atom. The van der Waals surface area contributed by atoms with Crippen LogP contribution in [0.1, 0.15) is 10.4 Å². The number of nitro benzene ring substituents is 1. The minimum Gasteiger partial charge on any atom is -0.298 e. The van der Waals surface area contributed by atoms with Gasteiger partial charge >= 0.3 is 0 Å². The fourth-order valence-corrected chi connectivity index (χ4v) is 4.12. The van der Waals surface area contributed by atoms with Gasteiger partial charge in [-0.25, -0.2) is 4.98 Å². The van der Waals surface area contributed by atoms with Crippen LogP contribution in [0.4, 0.5) is 10.8 Å². The number of thiazole rings is 1. The predicted octanol–water partition coefficient (Wildman–Crippen LogP) is 6.40. The van der Waals surface area contributed by atoms with Crippen molar-refractivity contribution >= 4 is 44.0 Å². The van der Waals surface area contributed by atoms with Crippen molar-refractivity contribution in [2.75, 3.05) is 5.32 Å². The molecule has 3 aromatic carbocycles. The van der Waals surface area contributed by atoms with Gasteiger partial charge < -0.3 is 0 Å². The van der Waals surface area contributed by atoms with Crippen LogP contribution < -0.4 is 5.32 Å². The minimum absolute atomic E-state index is 0.0130. The first-order chi connectivity index (χ1) is 14.5. The lowest BCUT2D eigenvalue weighted by Crippen LogP contribution is -2.11. The molecule has 0 radical (unpaired) electrons. The van der Waals surface area contributed by atoms with Crippen molar-refractivity contribution in [3.8, 4) is 21.7 Å². The average Bonchev–Trinajstić information content (AvgIpc) is 3.18. The summed E-state index contributed by atoms with van der Waals surface area (Å²) in [6.07, 6.45) is 0. The van der Waals surface area contributed by atoms with Crippen molar-refractivity contribution in [3.05, 3.63) is 99.0 Å². The van der Waals surface area contributed by atoms with Gasteiger partial charge in [0.05, 0.1) is 15.5 Å². The van der Waals surface area contributed by atoms with E-state index in [9.17, 15) is 14.9 Å². The van der Waals surface area contributed by atoms with Crippen LogP contribution in [0.3, 0.4) is 0 Å². The molecule has 0 fully saturated rings. The highest BCUT2D eigenvalue weighted by Gasteiger charge is 2.18. The number of benzene rings is 3. The summed E-state index contributed by atoms with van der Waals surface area (Å²) in [6.45, 7) is 0. The van der Waals surface area contributed by atoms with Crippen molar-refractivity contribution in [1.82, 2.24) is 4.98 Å². The van der Waals surface area contributed by atoms with E-state index >= 15 is 0 Å². The molecule has 8 heteroatoms. The average molecular weight is 480 g/mol. The molecule has 148 valence electrons. The Balaban J connectivity index is 1.71. The predicted molar refractivity (Wildman–Crippen MR) is 122 cm³/mol. The van der Waals surface area contributed by atoms with E-state index in [1.165, 1.54) is 23.5 Å². The molecule has 1 N–H and O–H groups in total. The van der Waals surface area contributed by atoms with Crippen LogP contribution in [0.15, 0.2) is 83.3 Å². The highest BCUT2D eigenvalue weighted by Crippen LogP contribution is 2.39. The Morgan fingerprint density at radius 1 is 0.933 bits per heavy atom. The summed E-state index contributed by atoms with van der Waals surface area (Å²) >= 11 is 4.71. The first-order valence-electron chi connectivity index (χ1n) is 8.89. The maximum absolute atomic E-state index is 12.6. The SMILES string of the molecule is O=C(Nc1nc(-c2ccc([N+](=O)[O-])cc2)c(-c2ccccc2)s1)c1ccc(Br)cc1. The Morgan fingerprint density at radius 3 is 2.23 bits per heavy atom. The second kappa shape index (κ2) is 8.56. The Kier molecular flexibility index (Phi) is 5.69. The van der Waals surface area contributed by atoms with Gasteiger partial charge in [-0.05, 0) is 42.0 Å². The van der Waals surface area contributed by atoms with Crippen LogP contribution in [0.2, 0.25) is 0 Å². The van der Waals surface area contributed by atoms with Gasteiger partial charge in [-0.3, -0.25) is 20.2 Å². The van der Waals surface area contributed by atoms with E-state index in [1.807, 2.05) is 30.3 Å². The lowest BCUT2D eigenvalue weighted by Gasteiger charge is -2.02. The molecular formula is C22H14BrN3O3S. The molecule has 0 saturated heterocycles. The molecule has 0 aliphatic carbocycles. The van der Waals surface area contributed by atoms with E-state index in [1.54, 1.807) is 36.4 Å². The number of aromatic nitrogens is 1. The number of hydrogen-bond donors (Lipinski definition) is 1. The summed E-state index contributed by atoms with van der Waals surface area (Å²) in [5.74, 6) is -0.258. The van der Waals surface area contributed by atoms with E-state index in [-0.39, 0.29) is 11.6 Å². The van der Waals surface area contributed by atoms with Crippen molar-refractivity contribution in [1.29, 1.82) is 0 Å². The first kappa shape index (κ1) is 19.9. The third-order valence-corrected chi connectivity index (χ3v) is 5.89. The topological polar surface area (TPSA) is 85.1 Å². The molecule has 1 heterocycles. The number of nitro groups is 1. The van der Waals surface area contributed by atoms with Crippen LogP contribution >= 0.6 is 27.3 Å². The number of rotatable bonds is 5. The highest BCUT2D eigenvalue weighted by molar-refractivity contribution is 9.10. The molecule has 0 saturated carbocycles. The normalized spacial score (nSPS) is 10.6. The summed E-state index contributed by atoms with van der Waals surface area (Å²) in [4.78, 5) is 28.6. The van der Waals surface area contributed by atoms with Gasteiger partial charge in [-0.15, -0.1) is 0 Å². The zero-order chi connectivity index (χ0) is 21.1. The van der Waals surface area contributed by atoms with E-state index in [0.29, 0.717) is 16.4 Å². The van der Waals surface area contributed by atoms with Crippen LogP contribution in [0, 0.1) is 10.1 Å². The third kappa shape index (κ3) is 4.29. The maximum atomic E-state index is 12.6. The fraction of sp³-hybridized carbons (Fsp3) is 0. The summed E-state index contributed by atoms with van der Waals surface area (Å²) in [5, 5.41) is 14.3. The molecule has 1 amide bonds. The summed E-state index contributed by atoms with van der Waals surface area (Å²) < 4.78 is 0.889. The number of nitrogens with zero attached hydrogens (tertiary/aromatic N) is 2. The zero-order valence-corrected chi connectivity index (χ0v) is 17.8. The second-order valence-electron chi connectivity index (χ2n) is 6.33. The van der Waals surface area contributed by atoms with E-state index < -0.39 is 4.92 Å². The minimum atomic E-state index is -0.438. The second-order valence-corrected chi connectivity index (χ2v) is 8.24. The van der Waals surface area contributed by atoms with Gasteiger partial charge in [-0.1, -0.05) is 57.6 Å². The molecular weight excluding hydrogens is 466 g/mol. The van der Waals surface area contributed by atoms with Crippen LogP contribution in [-0.2, 0) is 0 Å². The number of halogens is 1. The van der Waals surface area contributed by atoms with Gasteiger partial charge in [-0.2, -0.15) is 0 Å². The molecule has 0 bridgehead atoms. The zero-order valence-electron chi connectivity index (χ0n) is 15.4.